The number of nitrogens with zero attached hydrogens (tertiary/aromatic N) is 2. The van der Waals surface area contributed by atoms with Gasteiger partial charge >= 0.3 is 0 Å². The number of aromatic nitrogens is 2. The minimum atomic E-state index is 0.455. The molecule has 0 saturated carbocycles. The van der Waals surface area contributed by atoms with Crippen molar-refractivity contribution in [2.75, 3.05) is 0 Å². The second kappa shape index (κ2) is 3.25. The maximum absolute atomic E-state index is 10.5. The van der Waals surface area contributed by atoms with Crippen molar-refractivity contribution in [2.45, 2.75) is 20.3 Å². The van der Waals surface area contributed by atoms with Gasteiger partial charge in [0.05, 0.1) is 11.2 Å². The van der Waals surface area contributed by atoms with E-state index in [0.717, 1.165) is 28.9 Å². The number of fused-ring (bicyclic) bond motifs is 1. The number of rotatable bonds is 2. The summed E-state index contributed by atoms with van der Waals surface area (Å²) < 4.78 is 2.02. The van der Waals surface area contributed by atoms with Gasteiger partial charge in [-0.2, -0.15) is 0 Å². The fourth-order valence-corrected chi connectivity index (χ4v) is 1.83. The van der Waals surface area contributed by atoms with Crippen molar-refractivity contribution >= 4 is 11.8 Å². The molecule has 0 aromatic carbocycles. The molecule has 0 aliphatic heterocycles. The van der Waals surface area contributed by atoms with Crippen LogP contribution in [0, 0.1) is 13.8 Å². The maximum Gasteiger partial charge on any atom is 0.124 e. The van der Waals surface area contributed by atoms with Crippen molar-refractivity contribution in [3.8, 4) is 0 Å². The van der Waals surface area contributed by atoms with E-state index in [4.69, 9.17) is 0 Å². The third-order valence-corrected chi connectivity index (χ3v) is 2.40. The number of imidazole rings is 1. The smallest absolute Gasteiger partial charge is 0.124 e. The number of hydrogen-bond acceptors (Lipinski definition) is 2. The van der Waals surface area contributed by atoms with Crippen LogP contribution in [0.25, 0.3) is 5.52 Å². The lowest BCUT2D eigenvalue weighted by Gasteiger charge is -2.01. The van der Waals surface area contributed by atoms with Gasteiger partial charge in [-0.25, -0.2) is 4.98 Å². The van der Waals surface area contributed by atoms with Crippen LogP contribution in [-0.4, -0.2) is 15.7 Å². The number of aldehydes is 1. The van der Waals surface area contributed by atoms with Crippen LogP contribution in [0.2, 0.25) is 0 Å². The molecule has 2 aromatic rings. The van der Waals surface area contributed by atoms with E-state index in [-0.39, 0.29) is 0 Å². The van der Waals surface area contributed by atoms with Crippen LogP contribution in [0.15, 0.2) is 18.3 Å². The molecule has 0 saturated heterocycles. The first kappa shape index (κ1) is 8.94. The van der Waals surface area contributed by atoms with E-state index in [9.17, 15) is 4.79 Å². The zero-order valence-electron chi connectivity index (χ0n) is 8.32. The molecule has 2 aromatic heterocycles. The minimum absolute atomic E-state index is 0.455. The largest absolute Gasteiger partial charge is 0.303 e. The first-order valence-electron chi connectivity index (χ1n) is 4.61. The summed E-state index contributed by atoms with van der Waals surface area (Å²) in [5, 5.41) is 0. The summed E-state index contributed by atoms with van der Waals surface area (Å²) in [7, 11) is 0. The van der Waals surface area contributed by atoms with Crippen LogP contribution in [0.3, 0.4) is 0 Å². The van der Waals surface area contributed by atoms with Crippen LogP contribution in [0.5, 0.6) is 0 Å². The SMILES string of the molecule is Cc1nc(C)n2cccc(CC=O)c12. The van der Waals surface area contributed by atoms with Gasteiger partial charge in [0.2, 0.25) is 0 Å². The topological polar surface area (TPSA) is 34.4 Å². The second-order valence-corrected chi connectivity index (χ2v) is 3.37. The Morgan fingerprint density at radius 1 is 1.50 bits per heavy atom. The van der Waals surface area contributed by atoms with Gasteiger partial charge in [0.15, 0.2) is 0 Å². The Balaban J connectivity index is 2.78. The maximum atomic E-state index is 10.5. The molecule has 2 heterocycles. The van der Waals surface area contributed by atoms with Crippen molar-refractivity contribution in [1.82, 2.24) is 9.38 Å². The van der Waals surface area contributed by atoms with Crippen molar-refractivity contribution in [3.05, 3.63) is 35.4 Å². The van der Waals surface area contributed by atoms with Gasteiger partial charge in [-0.15, -0.1) is 0 Å². The normalized spacial score (nSPS) is 10.7. The van der Waals surface area contributed by atoms with Crippen molar-refractivity contribution in [2.24, 2.45) is 0 Å². The predicted molar refractivity (Wildman–Crippen MR) is 54.4 cm³/mol. The number of carbonyl (C=O) groups excluding carboxylic acids is 1. The van der Waals surface area contributed by atoms with Crippen molar-refractivity contribution in [1.29, 1.82) is 0 Å². The molecule has 0 unspecified atom stereocenters. The number of pyridine rings is 1. The quantitative estimate of drug-likeness (QED) is 0.672. The lowest BCUT2D eigenvalue weighted by atomic mass is 10.1. The van der Waals surface area contributed by atoms with Gasteiger partial charge in [0.1, 0.15) is 12.1 Å². The van der Waals surface area contributed by atoms with E-state index >= 15 is 0 Å². The number of aryl methyl sites for hydroxylation is 2. The lowest BCUT2D eigenvalue weighted by Crippen LogP contribution is -1.93. The molecule has 0 spiro atoms. The summed E-state index contributed by atoms with van der Waals surface area (Å²) >= 11 is 0. The molecule has 14 heavy (non-hydrogen) atoms. The summed E-state index contributed by atoms with van der Waals surface area (Å²) in [4.78, 5) is 14.9. The summed E-state index contributed by atoms with van der Waals surface area (Å²) in [5.74, 6) is 0.963. The highest BCUT2D eigenvalue weighted by Gasteiger charge is 2.07. The zero-order chi connectivity index (χ0) is 10.1. The third-order valence-electron chi connectivity index (χ3n) is 2.40. The van der Waals surface area contributed by atoms with Crippen LogP contribution < -0.4 is 0 Å². The Morgan fingerprint density at radius 2 is 2.29 bits per heavy atom. The highest BCUT2D eigenvalue weighted by molar-refractivity contribution is 5.67. The molecule has 72 valence electrons. The van der Waals surface area contributed by atoms with Gasteiger partial charge in [-0.1, -0.05) is 6.07 Å². The van der Waals surface area contributed by atoms with Crippen LogP contribution >= 0.6 is 0 Å². The van der Waals surface area contributed by atoms with Gasteiger partial charge in [0.25, 0.3) is 0 Å². The minimum Gasteiger partial charge on any atom is -0.303 e. The molecule has 3 nitrogen and oxygen atoms in total. The number of carbonyl (C=O) groups is 1. The molecule has 0 aliphatic carbocycles. The van der Waals surface area contributed by atoms with Gasteiger partial charge < -0.3 is 9.20 Å². The molecule has 0 atom stereocenters. The first-order chi connectivity index (χ1) is 6.74. The molecular formula is C11H12N2O. The van der Waals surface area contributed by atoms with E-state index in [1.54, 1.807) is 0 Å². The highest BCUT2D eigenvalue weighted by atomic mass is 16.1. The molecule has 0 fully saturated rings. The Kier molecular flexibility index (Phi) is 2.08. The van der Waals surface area contributed by atoms with Crippen LogP contribution in [0.4, 0.5) is 0 Å². The number of hydrogen-bond donors (Lipinski definition) is 0. The second-order valence-electron chi connectivity index (χ2n) is 3.37. The van der Waals surface area contributed by atoms with Gasteiger partial charge in [-0.05, 0) is 25.5 Å². The highest BCUT2D eigenvalue weighted by Crippen LogP contribution is 2.16. The summed E-state index contributed by atoms with van der Waals surface area (Å²) in [6.07, 6.45) is 3.35. The van der Waals surface area contributed by atoms with Crippen molar-refractivity contribution in [3.63, 3.8) is 0 Å². The van der Waals surface area contributed by atoms with Crippen LogP contribution in [-0.2, 0) is 11.2 Å². The van der Waals surface area contributed by atoms with Gasteiger partial charge in [0, 0.05) is 12.6 Å². The van der Waals surface area contributed by atoms with E-state index in [0.29, 0.717) is 6.42 Å². The fourth-order valence-electron chi connectivity index (χ4n) is 1.83. The zero-order valence-corrected chi connectivity index (χ0v) is 8.32. The summed E-state index contributed by atoms with van der Waals surface area (Å²) in [6, 6.07) is 3.91. The Labute approximate surface area is 82.4 Å². The Bertz CT molecular complexity index is 485. The average Bonchev–Trinajstić information content (AvgIpc) is 2.44. The summed E-state index contributed by atoms with van der Waals surface area (Å²) in [5.41, 5.74) is 3.10. The average molecular weight is 188 g/mol. The van der Waals surface area contributed by atoms with Crippen LogP contribution in [0.1, 0.15) is 17.1 Å². The molecule has 3 heteroatoms. The third kappa shape index (κ3) is 1.21. The molecular weight excluding hydrogens is 176 g/mol. The molecule has 0 bridgehead atoms. The fraction of sp³-hybridized carbons (Fsp3) is 0.273. The van der Waals surface area contributed by atoms with E-state index < -0.39 is 0 Å². The monoisotopic (exact) mass is 188 g/mol. The van der Waals surface area contributed by atoms with Gasteiger partial charge in [-0.3, -0.25) is 0 Å². The van der Waals surface area contributed by atoms with E-state index in [1.165, 1.54) is 0 Å². The Hall–Kier alpha value is -1.64. The van der Waals surface area contributed by atoms with E-state index in [2.05, 4.69) is 4.98 Å². The summed E-state index contributed by atoms with van der Waals surface area (Å²) in [6.45, 7) is 3.93. The first-order valence-corrected chi connectivity index (χ1v) is 4.61. The standard InChI is InChI=1S/C11H12N2O/c1-8-11-10(5-7-14)4-3-6-13(11)9(2)12-8/h3-4,6-7H,5H2,1-2H3. The molecule has 0 radical (unpaired) electrons. The molecule has 0 aliphatic rings. The van der Waals surface area contributed by atoms with E-state index in [1.807, 2.05) is 36.6 Å². The molecule has 0 N–H and O–H groups in total. The predicted octanol–water partition coefficient (Wildman–Crippen LogP) is 1.69. The molecule has 0 amide bonds. The lowest BCUT2D eigenvalue weighted by molar-refractivity contribution is -0.107. The van der Waals surface area contributed by atoms with Crippen molar-refractivity contribution < 1.29 is 4.79 Å². The molecule has 2 rings (SSSR count). The Morgan fingerprint density at radius 3 is 3.00 bits per heavy atom.